The smallest absolute Gasteiger partial charge is 0.330 e. The zero-order valence-electron chi connectivity index (χ0n) is 10.6. The van der Waals surface area contributed by atoms with Gasteiger partial charge < -0.3 is 15.2 Å². The highest BCUT2D eigenvalue weighted by atomic mass is 19.1. The van der Waals surface area contributed by atoms with Gasteiger partial charge in [0.2, 0.25) is 5.95 Å². The second kappa shape index (κ2) is 5.47. The lowest BCUT2D eigenvalue weighted by Crippen LogP contribution is -2.04. The summed E-state index contributed by atoms with van der Waals surface area (Å²) in [6.45, 7) is 3.83. The molecule has 0 saturated carbocycles. The fourth-order valence-electron chi connectivity index (χ4n) is 1.38. The van der Waals surface area contributed by atoms with Crippen LogP contribution in [0.4, 0.5) is 10.3 Å². The van der Waals surface area contributed by atoms with Crippen LogP contribution in [0.1, 0.15) is 12.5 Å². The highest BCUT2D eigenvalue weighted by Crippen LogP contribution is 2.22. The summed E-state index contributed by atoms with van der Waals surface area (Å²) in [5.74, 6) is 0.0942. The molecule has 19 heavy (non-hydrogen) atoms. The Labute approximate surface area is 109 Å². The number of nitrogen functional groups attached to an aromatic ring is 1. The lowest BCUT2D eigenvalue weighted by atomic mass is 10.2. The Kier molecular flexibility index (Phi) is 3.74. The second-order valence-electron chi connectivity index (χ2n) is 3.70. The molecule has 2 N–H and O–H groups in total. The van der Waals surface area contributed by atoms with Crippen LogP contribution in [0, 0.1) is 12.7 Å². The van der Waals surface area contributed by atoms with Gasteiger partial charge >= 0.3 is 12.0 Å². The Morgan fingerprint density at radius 2 is 1.95 bits per heavy atom. The third-order valence-corrected chi connectivity index (χ3v) is 2.22. The molecule has 0 aliphatic carbocycles. The highest BCUT2D eigenvalue weighted by molar-refractivity contribution is 5.31. The van der Waals surface area contributed by atoms with E-state index in [2.05, 4.69) is 15.0 Å². The van der Waals surface area contributed by atoms with Gasteiger partial charge in [-0.05, 0) is 37.6 Å². The standard InChI is InChI=1S/C12H13FN4O2/c1-3-18-11-15-10(14)16-12(17-11)19-8-4-5-9(13)7(2)6-8/h4-6H,3H2,1-2H3,(H2,14,15,16,17). The molecule has 0 spiro atoms. The summed E-state index contributed by atoms with van der Waals surface area (Å²) < 4.78 is 23.6. The van der Waals surface area contributed by atoms with Gasteiger partial charge in [0.15, 0.2) is 0 Å². The van der Waals surface area contributed by atoms with Crippen molar-refractivity contribution in [3.8, 4) is 17.8 Å². The van der Waals surface area contributed by atoms with Gasteiger partial charge in [0.25, 0.3) is 0 Å². The highest BCUT2D eigenvalue weighted by Gasteiger charge is 2.08. The number of halogens is 1. The number of nitrogens with zero attached hydrogens (tertiary/aromatic N) is 3. The number of ether oxygens (including phenoxy) is 2. The van der Waals surface area contributed by atoms with Crippen molar-refractivity contribution in [2.45, 2.75) is 13.8 Å². The van der Waals surface area contributed by atoms with Crippen molar-refractivity contribution in [3.63, 3.8) is 0 Å². The number of hydrogen-bond acceptors (Lipinski definition) is 6. The summed E-state index contributed by atoms with van der Waals surface area (Å²) in [6, 6.07) is 4.41. The number of aryl methyl sites for hydroxylation is 1. The minimum absolute atomic E-state index is 0.00181. The van der Waals surface area contributed by atoms with Gasteiger partial charge in [-0.3, -0.25) is 0 Å². The number of hydrogen-bond donors (Lipinski definition) is 1. The van der Waals surface area contributed by atoms with Crippen LogP contribution in [0.15, 0.2) is 18.2 Å². The Balaban J connectivity index is 2.24. The molecule has 0 amide bonds. The zero-order chi connectivity index (χ0) is 13.8. The van der Waals surface area contributed by atoms with Crippen LogP contribution in [-0.2, 0) is 0 Å². The van der Waals surface area contributed by atoms with Crippen molar-refractivity contribution < 1.29 is 13.9 Å². The molecule has 2 aromatic rings. The fourth-order valence-corrected chi connectivity index (χ4v) is 1.38. The van der Waals surface area contributed by atoms with Crippen molar-refractivity contribution >= 4 is 5.95 Å². The molecular formula is C12H13FN4O2. The molecular weight excluding hydrogens is 251 g/mol. The molecule has 2 rings (SSSR count). The first-order chi connectivity index (χ1) is 9.08. The lowest BCUT2D eigenvalue weighted by molar-refractivity contribution is 0.304. The maximum atomic E-state index is 13.1. The number of rotatable bonds is 4. The van der Waals surface area contributed by atoms with Gasteiger partial charge in [-0.15, -0.1) is 4.98 Å². The normalized spacial score (nSPS) is 10.3. The number of aromatic nitrogens is 3. The first-order valence-corrected chi connectivity index (χ1v) is 5.67. The van der Waals surface area contributed by atoms with Crippen LogP contribution in [0.2, 0.25) is 0 Å². The monoisotopic (exact) mass is 264 g/mol. The number of nitrogens with two attached hydrogens (primary N) is 1. The van der Waals surface area contributed by atoms with E-state index in [1.54, 1.807) is 13.8 Å². The van der Waals surface area contributed by atoms with Gasteiger partial charge in [-0.25, -0.2) is 4.39 Å². The van der Waals surface area contributed by atoms with E-state index in [0.717, 1.165) is 0 Å². The van der Waals surface area contributed by atoms with Crippen LogP contribution in [-0.4, -0.2) is 21.6 Å². The quantitative estimate of drug-likeness (QED) is 0.910. The van der Waals surface area contributed by atoms with Crippen molar-refractivity contribution in [2.75, 3.05) is 12.3 Å². The van der Waals surface area contributed by atoms with E-state index in [-0.39, 0.29) is 23.8 Å². The maximum Gasteiger partial charge on any atom is 0.330 e. The largest absolute Gasteiger partial charge is 0.464 e. The average Bonchev–Trinajstić information content (AvgIpc) is 2.33. The molecule has 0 atom stereocenters. The molecule has 100 valence electrons. The molecule has 0 unspecified atom stereocenters. The molecule has 0 radical (unpaired) electrons. The molecule has 0 fully saturated rings. The van der Waals surface area contributed by atoms with Crippen LogP contribution in [0.5, 0.6) is 17.8 Å². The molecule has 6 nitrogen and oxygen atoms in total. The number of anilines is 1. The summed E-state index contributed by atoms with van der Waals surface area (Å²) in [7, 11) is 0. The van der Waals surface area contributed by atoms with Crippen molar-refractivity contribution in [1.29, 1.82) is 0 Å². The Morgan fingerprint density at radius 1 is 1.21 bits per heavy atom. The first kappa shape index (κ1) is 13.0. The van der Waals surface area contributed by atoms with Crippen molar-refractivity contribution in [1.82, 2.24) is 15.0 Å². The van der Waals surface area contributed by atoms with Crippen LogP contribution >= 0.6 is 0 Å². The van der Waals surface area contributed by atoms with E-state index >= 15 is 0 Å². The SMILES string of the molecule is CCOc1nc(N)nc(Oc2ccc(F)c(C)c2)n1. The fraction of sp³-hybridized carbons (Fsp3) is 0.250. The first-order valence-electron chi connectivity index (χ1n) is 5.67. The average molecular weight is 264 g/mol. The lowest BCUT2D eigenvalue weighted by Gasteiger charge is -2.07. The second-order valence-corrected chi connectivity index (χ2v) is 3.70. The van der Waals surface area contributed by atoms with Gasteiger partial charge in [0.1, 0.15) is 11.6 Å². The molecule has 7 heteroatoms. The molecule has 0 aliphatic rings. The van der Waals surface area contributed by atoms with E-state index in [4.69, 9.17) is 15.2 Å². The Bertz CT molecular complexity index is 592. The van der Waals surface area contributed by atoms with Gasteiger partial charge in [0.05, 0.1) is 6.61 Å². The summed E-state index contributed by atoms with van der Waals surface area (Å²) in [6.07, 6.45) is 0. The molecule has 0 aliphatic heterocycles. The molecule has 1 aromatic carbocycles. The molecule has 0 saturated heterocycles. The van der Waals surface area contributed by atoms with Crippen molar-refractivity contribution in [3.05, 3.63) is 29.6 Å². The van der Waals surface area contributed by atoms with Gasteiger partial charge in [0, 0.05) is 0 Å². The summed E-state index contributed by atoms with van der Waals surface area (Å²) in [4.78, 5) is 11.5. The predicted octanol–water partition coefficient (Wildman–Crippen LogP) is 2.09. The van der Waals surface area contributed by atoms with Crippen LogP contribution in [0.25, 0.3) is 0 Å². The van der Waals surface area contributed by atoms with E-state index in [9.17, 15) is 4.39 Å². The summed E-state index contributed by atoms with van der Waals surface area (Å²) in [5, 5.41) is 0. The summed E-state index contributed by atoms with van der Waals surface area (Å²) >= 11 is 0. The van der Waals surface area contributed by atoms with Crippen LogP contribution in [0.3, 0.4) is 0 Å². The van der Waals surface area contributed by atoms with E-state index in [1.807, 2.05) is 0 Å². The Hall–Kier alpha value is -2.44. The van der Waals surface area contributed by atoms with Crippen LogP contribution < -0.4 is 15.2 Å². The third-order valence-electron chi connectivity index (χ3n) is 2.22. The molecule has 0 bridgehead atoms. The topological polar surface area (TPSA) is 83.2 Å². The minimum atomic E-state index is -0.308. The zero-order valence-corrected chi connectivity index (χ0v) is 10.6. The van der Waals surface area contributed by atoms with Gasteiger partial charge in [-0.1, -0.05) is 0 Å². The Morgan fingerprint density at radius 3 is 2.63 bits per heavy atom. The predicted molar refractivity (Wildman–Crippen MR) is 66.6 cm³/mol. The number of benzene rings is 1. The minimum Gasteiger partial charge on any atom is -0.464 e. The molecule has 1 heterocycles. The summed E-state index contributed by atoms with van der Waals surface area (Å²) in [5.41, 5.74) is 5.98. The maximum absolute atomic E-state index is 13.1. The van der Waals surface area contributed by atoms with Gasteiger partial charge in [-0.2, -0.15) is 9.97 Å². The van der Waals surface area contributed by atoms with Crippen molar-refractivity contribution in [2.24, 2.45) is 0 Å². The van der Waals surface area contributed by atoms with E-state index in [0.29, 0.717) is 17.9 Å². The molecule has 1 aromatic heterocycles. The van der Waals surface area contributed by atoms with E-state index < -0.39 is 0 Å². The van der Waals surface area contributed by atoms with E-state index in [1.165, 1.54) is 18.2 Å². The third kappa shape index (κ3) is 3.27.